The molecule has 6 nitrogen and oxygen atoms in total. The van der Waals surface area contributed by atoms with Crippen LogP contribution in [0.15, 0.2) is 42.5 Å². The fourth-order valence-electron chi connectivity index (χ4n) is 3.00. The summed E-state index contributed by atoms with van der Waals surface area (Å²) < 4.78 is 4.95. The van der Waals surface area contributed by atoms with E-state index >= 15 is 0 Å². The van der Waals surface area contributed by atoms with Crippen LogP contribution in [-0.2, 0) is 6.54 Å². The van der Waals surface area contributed by atoms with Crippen LogP contribution >= 0.6 is 0 Å². The molecule has 0 spiro atoms. The number of hydrogen-bond acceptors (Lipinski definition) is 5. The molecule has 1 aromatic heterocycles. The molecule has 2 heterocycles. The van der Waals surface area contributed by atoms with E-state index in [9.17, 15) is 4.79 Å². The van der Waals surface area contributed by atoms with E-state index in [-0.39, 0.29) is 5.91 Å². The van der Waals surface area contributed by atoms with Crippen molar-refractivity contribution in [1.82, 2.24) is 20.4 Å². The molecular formula is C18H22N4O2. The summed E-state index contributed by atoms with van der Waals surface area (Å²) in [6.07, 6.45) is 2.26. The first-order valence-electron chi connectivity index (χ1n) is 8.20. The Hall–Kier alpha value is -2.47. The molecule has 3 rings (SSSR count). The molecule has 0 bridgehead atoms. The number of nitrogens with zero attached hydrogens (tertiary/aromatic N) is 3. The monoisotopic (exact) mass is 326 g/mol. The zero-order valence-corrected chi connectivity index (χ0v) is 13.8. The molecule has 0 radical (unpaired) electrons. The van der Waals surface area contributed by atoms with Crippen molar-refractivity contribution in [3.8, 4) is 5.88 Å². The molecule has 1 atom stereocenters. The average Bonchev–Trinajstić information content (AvgIpc) is 3.07. The number of ether oxygens (including phenoxy) is 1. The molecule has 1 aromatic carbocycles. The van der Waals surface area contributed by atoms with Gasteiger partial charge in [0.1, 0.15) is 0 Å². The highest BCUT2D eigenvalue weighted by Gasteiger charge is 2.25. The fourth-order valence-corrected chi connectivity index (χ4v) is 3.00. The van der Waals surface area contributed by atoms with Gasteiger partial charge in [-0.05, 0) is 31.0 Å². The molecule has 0 saturated carbocycles. The maximum Gasteiger partial charge on any atom is 0.271 e. The Labute approximate surface area is 141 Å². The third kappa shape index (κ3) is 4.08. The van der Waals surface area contributed by atoms with Crippen molar-refractivity contribution >= 4 is 5.91 Å². The number of hydrogen-bond donors (Lipinski definition) is 1. The van der Waals surface area contributed by atoms with Gasteiger partial charge in [-0.25, -0.2) is 0 Å². The second-order valence-corrected chi connectivity index (χ2v) is 5.92. The van der Waals surface area contributed by atoms with Crippen molar-refractivity contribution < 1.29 is 9.53 Å². The molecular weight excluding hydrogens is 304 g/mol. The highest BCUT2D eigenvalue weighted by atomic mass is 16.5. The summed E-state index contributed by atoms with van der Waals surface area (Å²) in [7, 11) is 1.52. The summed E-state index contributed by atoms with van der Waals surface area (Å²) in [5.41, 5.74) is 1.61. The van der Waals surface area contributed by atoms with E-state index < -0.39 is 0 Å². The summed E-state index contributed by atoms with van der Waals surface area (Å²) in [5.74, 6) is 0.202. The van der Waals surface area contributed by atoms with Gasteiger partial charge in [0.25, 0.3) is 5.91 Å². The Morgan fingerprint density at radius 3 is 2.79 bits per heavy atom. The van der Waals surface area contributed by atoms with Crippen molar-refractivity contribution in [3.05, 3.63) is 53.7 Å². The van der Waals surface area contributed by atoms with Gasteiger partial charge in [-0.1, -0.05) is 30.3 Å². The van der Waals surface area contributed by atoms with Crippen LogP contribution in [0.1, 0.15) is 28.9 Å². The SMILES string of the molecule is COc1ccc(C(=O)NCC2CCCN2Cc2ccccc2)nn1. The lowest BCUT2D eigenvalue weighted by Crippen LogP contribution is -2.40. The van der Waals surface area contributed by atoms with Gasteiger partial charge in [-0.3, -0.25) is 9.69 Å². The number of methoxy groups -OCH3 is 1. The van der Waals surface area contributed by atoms with E-state index in [1.165, 1.54) is 12.7 Å². The number of aromatic nitrogens is 2. The van der Waals surface area contributed by atoms with Crippen molar-refractivity contribution in [2.75, 3.05) is 20.2 Å². The second kappa shape index (κ2) is 7.88. The first kappa shape index (κ1) is 16.4. The molecule has 0 aliphatic carbocycles. The predicted molar refractivity (Wildman–Crippen MR) is 90.8 cm³/mol. The standard InChI is InChI=1S/C18H22N4O2/c1-24-17-10-9-16(20-21-17)18(23)19-12-15-8-5-11-22(15)13-14-6-3-2-4-7-14/h2-4,6-7,9-10,15H,5,8,11-13H2,1H3,(H,19,23). The fraction of sp³-hybridized carbons (Fsp3) is 0.389. The quantitative estimate of drug-likeness (QED) is 0.878. The first-order valence-corrected chi connectivity index (χ1v) is 8.20. The first-order chi connectivity index (χ1) is 11.8. The third-order valence-corrected chi connectivity index (χ3v) is 4.31. The molecule has 1 N–H and O–H groups in total. The number of amides is 1. The number of benzene rings is 1. The van der Waals surface area contributed by atoms with Gasteiger partial charge in [0, 0.05) is 25.2 Å². The molecule has 1 saturated heterocycles. The molecule has 2 aromatic rings. The summed E-state index contributed by atoms with van der Waals surface area (Å²) >= 11 is 0. The largest absolute Gasteiger partial charge is 0.480 e. The zero-order valence-electron chi connectivity index (χ0n) is 13.8. The van der Waals surface area contributed by atoms with Crippen LogP contribution in [0, 0.1) is 0 Å². The van der Waals surface area contributed by atoms with Gasteiger partial charge in [0.05, 0.1) is 7.11 Å². The van der Waals surface area contributed by atoms with Crippen molar-refractivity contribution in [2.45, 2.75) is 25.4 Å². The number of likely N-dealkylation sites (tertiary alicyclic amines) is 1. The third-order valence-electron chi connectivity index (χ3n) is 4.31. The van der Waals surface area contributed by atoms with Crippen LogP contribution in [0.5, 0.6) is 5.88 Å². The van der Waals surface area contributed by atoms with Crippen LogP contribution < -0.4 is 10.1 Å². The highest BCUT2D eigenvalue weighted by Crippen LogP contribution is 2.19. The lowest BCUT2D eigenvalue weighted by molar-refractivity contribution is 0.0933. The van der Waals surface area contributed by atoms with Crippen LogP contribution in [0.2, 0.25) is 0 Å². The minimum Gasteiger partial charge on any atom is -0.480 e. The summed E-state index contributed by atoms with van der Waals surface area (Å²) in [6.45, 7) is 2.61. The Kier molecular flexibility index (Phi) is 5.38. The Bertz CT molecular complexity index is 660. The normalized spacial score (nSPS) is 17.6. The zero-order chi connectivity index (χ0) is 16.8. The average molecular weight is 326 g/mol. The van der Waals surface area contributed by atoms with Crippen molar-refractivity contribution in [1.29, 1.82) is 0 Å². The number of rotatable bonds is 6. The number of carbonyl (C=O) groups is 1. The minimum atomic E-state index is -0.197. The number of nitrogens with one attached hydrogen (secondary N) is 1. The predicted octanol–water partition coefficient (Wildman–Crippen LogP) is 1.88. The topological polar surface area (TPSA) is 67.3 Å². The summed E-state index contributed by atoms with van der Waals surface area (Å²) in [4.78, 5) is 14.6. The maximum absolute atomic E-state index is 12.2. The van der Waals surface area contributed by atoms with Crippen molar-refractivity contribution in [3.63, 3.8) is 0 Å². The summed E-state index contributed by atoms with van der Waals surface area (Å²) in [6, 6.07) is 14.1. The Balaban J connectivity index is 1.53. The molecule has 1 aliphatic heterocycles. The van der Waals surface area contributed by atoms with E-state index in [4.69, 9.17) is 4.74 Å². The van der Waals surface area contributed by atoms with E-state index in [1.807, 2.05) is 6.07 Å². The van der Waals surface area contributed by atoms with Crippen molar-refractivity contribution in [2.24, 2.45) is 0 Å². The summed E-state index contributed by atoms with van der Waals surface area (Å²) in [5, 5.41) is 10.7. The lowest BCUT2D eigenvalue weighted by atomic mass is 10.2. The second-order valence-electron chi connectivity index (χ2n) is 5.92. The molecule has 1 amide bonds. The van der Waals surface area contributed by atoms with E-state index in [0.717, 1.165) is 25.9 Å². The van der Waals surface area contributed by atoms with Gasteiger partial charge in [0.15, 0.2) is 5.69 Å². The number of carbonyl (C=O) groups excluding carboxylic acids is 1. The van der Waals surface area contributed by atoms with Crippen LogP contribution in [0.25, 0.3) is 0 Å². The molecule has 1 unspecified atom stereocenters. The van der Waals surface area contributed by atoms with Crippen LogP contribution in [0.3, 0.4) is 0 Å². The minimum absolute atomic E-state index is 0.197. The smallest absolute Gasteiger partial charge is 0.271 e. The Morgan fingerprint density at radius 1 is 1.25 bits per heavy atom. The van der Waals surface area contributed by atoms with Gasteiger partial charge >= 0.3 is 0 Å². The van der Waals surface area contributed by atoms with E-state index in [1.54, 1.807) is 12.1 Å². The van der Waals surface area contributed by atoms with E-state index in [0.29, 0.717) is 24.2 Å². The molecule has 126 valence electrons. The van der Waals surface area contributed by atoms with E-state index in [2.05, 4.69) is 44.7 Å². The van der Waals surface area contributed by atoms with Gasteiger partial charge < -0.3 is 10.1 Å². The maximum atomic E-state index is 12.2. The van der Waals surface area contributed by atoms with Crippen LogP contribution in [-0.4, -0.2) is 47.2 Å². The van der Waals surface area contributed by atoms with Crippen LogP contribution in [0.4, 0.5) is 0 Å². The Morgan fingerprint density at radius 2 is 2.08 bits per heavy atom. The van der Waals surface area contributed by atoms with Gasteiger partial charge in [-0.15, -0.1) is 10.2 Å². The highest BCUT2D eigenvalue weighted by molar-refractivity contribution is 5.92. The lowest BCUT2D eigenvalue weighted by Gasteiger charge is -2.24. The molecule has 1 aliphatic rings. The molecule has 6 heteroatoms. The molecule has 1 fully saturated rings. The van der Waals surface area contributed by atoms with Gasteiger partial charge in [-0.2, -0.15) is 0 Å². The van der Waals surface area contributed by atoms with Gasteiger partial charge in [0.2, 0.25) is 5.88 Å². The molecule has 24 heavy (non-hydrogen) atoms.